The Morgan fingerprint density at radius 3 is 2.00 bits per heavy atom. The molecule has 0 bridgehead atoms. The van der Waals surface area contributed by atoms with Gasteiger partial charge in [-0.05, 0) is 32.8 Å². The largest absolute Gasteiger partial charge is 0.496 e. The molecule has 0 saturated heterocycles. The number of hydrogen-bond donors (Lipinski definition) is 0. The predicted molar refractivity (Wildman–Crippen MR) is 92.7 cm³/mol. The maximum absolute atomic E-state index is 12.3. The number of hydrogen-bond acceptors (Lipinski definition) is 2. The molecule has 0 aromatic heterocycles. The van der Waals surface area contributed by atoms with Crippen molar-refractivity contribution < 1.29 is 9.53 Å². The second kappa shape index (κ2) is 6.12. The number of carbonyl (C=O) groups excluding carboxylic acids is 1. The van der Waals surface area contributed by atoms with E-state index in [2.05, 4.69) is 57.5 Å². The molecule has 1 aromatic rings. The van der Waals surface area contributed by atoms with Gasteiger partial charge in [0.05, 0.1) is 7.11 Å². The van der Waals surface area contributed by atoms with Crippen LogP contribution in [0.15, 0.2) is 10.5 Å². The summed E-state index contributed by atoms with van der Waals surface area (Å²) in [5.74, 6) is 1.04. The summed E-state index contributed by atoms with van der Waals surface area (Å²) >= 11 is 3.65. The first-order valence-corrected chi connectivity index (χ1v) is 8.19. The van der Waals surface area contributed by atoms with Gasteiger partial charge in [-0.1, -0.05) is 48.5 Å². The average Bonchev–Trinajstić information content (AvgIpc) is 2.33. The molecule has 0 amide bonds. The zero-order chi connectivity index (χ0) is 16.6. The molecular weight excluding hydrogens is 328 g/mol. The van der Waals surface area contributed by atoms with Crippen molar-refractivity contribution in [3.8, 4) is 5.75 Å². The highest BCUT2D eigenvalue weighted by Crippen LogP contribution is 2.45. The molecule has 3 heteroatoms. The first-order valence-electron chi connectivity index (χ1n) is 7.39. The zero-order valence-corrected chi connectivity index (χ0v) is 16.1. The Bertz CT molecular complexity index is 546. The number of benzene rings is 1. The summed E-state index contributed by atoms with van der Waals surface area (Å²) < 4.78 is 6.60. The van der Waals surface area contributed by atoms with E-state index in [1.165, 1.54) is 0 Å². The van der Waals surface area contributed by atoms with Crippen molar-refractivity contribution in [2.75, 3.05) is 7.11 Å². The van der Waals surface area contributed by atoms with Gasteiger partial charge in [0.15, 0.2) is 5.78 Å². The standard InChI is InChI=1S/C18H27BrO2/c1-9-13(20)11-10-12(17(2,3)4)16(21-8)14(15(11)19)18(5,6)7/h10H,9H2,1-8H3. The van der Waals surface area contributed by atoms with Crippen LogP contribution in [0.3, 0.4) is 0 Å². The molecule has 0 N–H and O–H groups in total. The summed E-state index contributed by atoms with van der Waals surface area (Å²) in [4.78, 5) is 12.3. The van der Waals surface area contributed by atoms with E-state index in [0.717, 1.165) is 26.9 Å². The van der Waals surface area contributed by atoms with Crippen LogP contribution in [0, 0.1) is 0 Å². The molecule has 118 valence electrons. The molecule has 21 heavy (non-hydrogen) atoms. The quantitative estimate of drug-likeness (QED) is 0.656. The maximum Gasteiger partial charge on any atom is 0.163 e. The number of rotatable bonds is 3. The molecule has 0 spiro atoms. The minimum Gasteiger partial charge on any atom is -0.496 e. The van der Waals surface area contributed by atoms with Gasteiger partial charge in [0.1, 0.15) is 5.75 Å². The Balaban J connectivity index is 3.88. The smallest absolute Gasteiger partial charge is 0.163 e. The van der Waals surface area contributed by atoms with Gasteiger partial charge in [-0.2, -0.15) is 0 Å². The van der Waals surface area contributed by atoms with Crippen molar-refractivity contribution in [1.82, 2.24) is 0 Å². The van der Waals surface area contributed by atoms with Gasteiger partial charge in [-0.3, -0.25) is 4.79 Å². The number of halogens is 1. The van der Waals surface area contributed by atoms with Gasteiger partial charge in [-0.15, -0.1) is 0 Å². The Labute approximate surface area is 137 Å². The normalized spacial score (nSPS) is 12.4. The molecule has 0 heterocycles. The van der Waals surface area contributed by atoms with Crippen molar-refractivity contribution in [2.45, 2.75) is 65.7 Å². The third kappa shape index (κ3) is 3.68. The van der Waals surface area contributed by atoms with Crippen molar-refractivity contribution >= 4 is 21.7 Å². The zero-order valence-electron chi connectivity index (χ0n) is 14.5. The van der Waals surface area contributed by atoms with E-state index >= 15 is 0 Å². The Hall–Kier alpha value is -0.830. The highest BCUT2D eigenvalue weighted by Gasteiger charge is 2.31. The second-order valence-corrected chi connectivity index (χ2v) is 8.26. The van der Waals surface area contributed by atoms with Gasteiger partial charge >= 0.3 is 0 Å². The highest BCUT2D eigenvalue weighted by molar-refractivity contribution is 9.10. The summed E-state index contributed by atoms with van der Waals surface area (Å²) in [6, 6.07) is 1.99. The van der Waals surface area contributed by atoms with Gasteiger partial charge in [0.25, 0.3) is 0 Å². The van der Waals surface area contributed by atoms with E-state index < -0.39 is 0 Å². The van der Waals surface area contributed by atoms with Crippen molar-refractivity contribution in [3.63, 3.8) is 0 Å². The van der Waals surface area contributed by atoms with Crippen LogP contribution in [0.5, 0.6) is 5.75 Å². The molecule has 0 aliphatic heterocycles. The molecule has 0 radical (unpaired) electrons. The fraction of sp³-hybridized carbons (Fsp3) is 0.611. The fourth-order valence-electron chi connectivity index (χ4n) is 2.47. The van der Waals surface area contributed by atoms with Crippen LogP contribution in [-0.2, 0) is 10.8 Å². The van der Waals surface area contributed by atoms with E-state index in [9.17, 15) is 4.79 Å². The summed E-state index contributed by atoms with van der Waals surface area (Å²) in [6.07, 6.45) is 0.498. The third-order valence-electron chi connectivity index (χ3n) is 3.60. The van der Waals surface area contributed by atoms with Crippen LogP contribution < -0.4 is 4.74 Å². The van der Waals surface area contributed by atoms with Crippen molar-refractivity contribution in [1.29, 1.82) is 0 Å². The number of ether oxygens (including phenoxy) is 1. The lowest BCUT2D eigenvalue weighted by Crippen LogP contribution is -2.21. The minimum absolute atomic E-state index is 0.0885. The van der Waals surface area contributed by atoms with E-state index in [1.54, 1.807) is 7.11 Å². The van der Waals surface area contributed by atoms with Crippen LogP contribution in [0.25, 0.3) is 0 Å². The lowest BCUT2D eigenvalue weighted by molar-refractivity contribution is 0.0987. The monoisotopic (exact) mass is 354 g/mol. The lowest BCUT2D eigenvalue weighted by Gasteiger charge is -2.31. The number of ketones is 1. The number of Topliss-reactive ketones (excluding diaryl/α,β-unsaturated/α-hetero) is 1. The summed E-state index contributed by atoms with van der Waals surface area (Å²) in [6.45, 7) is 14.8. The molecule has 0 saturated carbocycles. The van der Waals surface area contributed by atoms with Crippen molar-refractivity contribution in [3.05, 3.63) is 27.2 Å². The lowest BCUT2D eigenvalue weighted by atomic mass is 9.78. The van der Waals surface area contributed by atoms with Crippen LogP contribution in [0.4, 0.5) is 0 Å². The summed E-state index contributed by atoms with van der Waals surface area (Å²) in [5.41, 5.74) is 2.69. The first kappa shape index (κ1) is 18.2. The predicted octanol–water partition coefficient (Wildman–Crippen LogP) is 5.65. The average molecular weight is 355 g/mol. The molecule has 2 nitrogen and oxygen atoms in total. The Morgan fingerprint density at radius 1 is 1.14 bits per heavy atom. The van der Waals surface area contributed by atoms with Crippen molar-refractivity contribution in [2.24, 2.45) is 0 Å². The Morgan fingerprint density at radius 2 is 1.67 bits per heavy atom. The maximum atomic E-state index is 12.3. The SMILES string of the molecule is CCC(=O)c1cc(C(C)(C)C)c(OC)c(C(C)(C)C)c1Br. The van der Waals surface area contributed by atoms with E-state index in [-0.39, 0.29) is 16.6 Å². The topological polar surface area (TPSA) is 26.3 Å². The highest BCUT2D eigenvalue weighted by atomic mass is 79.9. The van der Waals surface area contributed by atoms with Crippen LogP contribution in [0.2, 0.25) is 0 Å². The molecule has 0 aliphatic rings. The molecule has 1 rings (SSSR count). The van der Waals surface area contributed by atoms with E-state index in [0.29, 0.717) is 6.42 Å². The minimum atomic E-state index is -0.117. The van der Waals surface area contributed by atoms with Gasteiger partial charge in [0, 0.05) is 27.6 Å². The van der Waals surface area contributed by atoms with Crippen LogP contribution >= 0.6 is 15.9 Å². The molecule has 1 aromatic carbocycles. The Kier molecular flexibility index (Phi) is 5.31. The molecular formula is C18H27BrO2. The first-order chi connectivity index (χ1) is 9.45. The third-order valence-corrected chi connectivity index (χ3v) is 4.42. The molecule has 0 unspecified atom stereocenters. The van der Waals surface area contributed by atoms with Gasteiger partial charge in [0.2, 0.25) is 0 Å². The summed E-state index contributed by atoms with van der Waals surface area (Å²) in [7, 11) is 1.70. The number of methoxy groups -OCH3 is 1. The van der Waals surface area contributed by atoms with Crippen LogP contribution in [-0.4, -0.2) is 12.9 Å². The molecule has 0 atom stereocenters. The van der Waals surface area contributed by atoms with Gasteiger partial charge < -0.3 is 4.74 Å². The molecule has 0 aliphatic carbocycles. The van der Waals surface area contributed by atoms with Crippen LogP contribution in [0.1, 0.15) is 76.4 Å². The van der Waals surface area contributed by atoms with E-state index in [1.807, 2.05) is 13.0 Å². The van der Waals surface area contributed by atoms with Gasteiger partial charge in [-0.25, -0.2) is 0 Å². The summed E-state index contributed by atoms with van der Waals surface area (Å²) in [5, 5.41) is 0. The molecule has 0 fully saturated rings. The number of carbonyl (C=O) groups is 1. The van der Waals surface area contributed by atoms with E-state index in [4.69, 9.17) is 4.74 Å². The fourth-order valence-corrected chi connectivity index (χ4v) is 3.58. The second-order valence-electron chi connectivity index (χ2n) is 7.47.